The molecule has 88 valence electrons. The molecule has 2 aromatic rings. The van der Waals surface area contributed by atoms with Gasteiger partial charge in [-0.05, 0) is 31.5 Å². The Morgan fingerprint density at radius 2 is 2.12 bits per heavy atom. The summed E-state index contributed by atoms with van der Waals surface area (Å²) in [5, 5.41) is 8.91. The van der Waals surface area contributed by atoms with E-state index >= 15 is 0 Å². The van der Waals surface area contributed by atoms with Crippen molar-refractivity contribution < 1.29 is 14.3 Å². The number of aromatic carboxylic acids is 1. The molecule has 0 unspecified atom stereocenters. The zero-order chi connectivity index (χ0) is 12.6. The van der Waals surface area contributed by atoms with Gasteiger partial charge in [-0.25, -0.2) is 9.78 Å². The van der Waals surface area contributed by atoms with Gasteiger partial charge in [0.2, 0.25) is 11.7 Å². The van der Waals surface area contributed by atoms with Gasteiger partial charge in [-0.3, -0.25) is 0 Å². The second kappa shape index (κ2) is 4.33. The van der Waals surface area contributed by atoms with E-state index in [4.69, 9.17) is 9.52 Å². The Labute approximate surface area is 106 Å². The van der Waals surface area contributed by atoms with Crippen LogP contribution in [0.25, 0.3) is 11.5 Å². The standard InChI is InChI=1S/C12H10BrNO3/c1-6-3-4-8(13)5-9(6)11-14-7(2)10(17-11)12(15)16/h3-5H,1-2H3,(H,15,16). The van der Waals surface area contributed by atoms with E-state index in [9.17, 15) is 4.79 Å². The summed E-state index contributed by atoms with van der Waals surface area (Å²) in [4.78, 5) is 15.0. The second-order valence-electron chi connectivity index (χ2n) is 3.70. The number of carboxylic acid groups (broad SMARTS) is 1. The number of carbonyl (C=O) groups is 1. The molecule has 0 fully saturated rings. The molecule has 2 rings (SSSR count). The molecule has 4 nitrogen and oxygen atoms in total. The zero-order valence-electron chi connectivity index (χ0n) is 9.32. The summed E-state index contributed by atoms with van der Waals surface area (Å²) in [5.74, 6) is -0.882. The molecule has 0 atom stereocenters. The highest BCUT2D eigenvalue weighted by molar-refractivity contribution is 9.10. The van der Waals surface area contributed by atoms with E-state index in [1.54, 1.807) is 6.92 Å². The highest BCUT2D eigenvalue weighted by atomic mass is 79.9. The van der Waals surface area contributed by atoms with Crippen molar-refractivity contribution in [2.75, 3.05) is 0 Å². The maximum atomic E-state index is 10.9. The maximum Gasteiger partial charge on any atom is 0.373 e. The van der Waals surface area contributed by atoms with Crippen molar-refractivity contribution in [1.29, 1.82) is 0 Å². The lowest BCUT2D eigenvalue weighted by Gasteiger charge is -2.01. The third-order valence-corrected chi connectivity index (χ3v) is 2.91. The maximum absolute atomic E-state index is 10.9. The van der Waals surface area contributed by atoms with E-state index in [2.05, 4.69) is 20.9 Å². The normalized spacial score (nSPS) is 10.5. The van der Waals surface area contributed by atoms with E-state index in [1.807, 2.05) is 25.1 Å². The first-order valence-corrected chi connectivity index (χ1v) is 5.75. The second-order valence-corrected chi connectivity index (χ2v) is 4.61. The van der Waals surface area contributed by atoms with Crippen LogP contribution >= 0.6 is 15.9 Å². The fraction of sp³-hybridized carbons (Fsp3) is 0.167. The first-order chi connectivity index (χ1) is 7.99. The summed E-state index contributed by atoms with van der Waals surface area (Å²) in [6.07, 6.45) is 0. The van der Waals surface area contributed by atoms with E-state index in [1.165, 1.54) is 0 Å². The average molecular weight is 296 g/mol. The first kappa shape index (κ1) is 11.9. The van der Waals surface area contributed by atoms with Gasteiger partial charge in [0.15, 0.2) is 0 Å². The van der Waals surface area contributed by atoms with Gasteiger partial charge < -0.3 is 9.52 Å². The lowest BCUT2D eigenvalue weighted by atomic mass is 10.1. The number of aromatic nitrogens is 1. The van der Waals surface area contributed by atoms with Gasteiger partial charge in [0.05, 0.1) is 5.69 Å². The van der Waals surface area contributed by atoms with Crippen LogP contribution in [-0.4, -0.2) is 16.1 Å². The lowest BCUT2D eigenvalue weighted by Crippen LogP contribution is -1.95. The smallest absolute Gasteiger partial charge is 0.373 e. The molecule has 17 heavy (non-hydrogen) atoms. The van der Waals surface area contributed by atoms with Gasteiger partial charge in [0, 0.05) is 10.0 Å². The Hall–Kier alpha value is -1.62. The zero-order valence-corrected chi connectivity index (χ0v) is 10.9. The molecule has 0 amide bonds. The van der Waals surface area contributed by atoms with Gasteiger partial charge >= 0.3 is 5.97 Å². The molecule has 0 aliphatic carbocycles. The Morgan fingerprint density at radius 1 is 1.41 bits per heavy atom. The third-order valence-electron chi connectivity index (χ3n) is 2.42. The fourth-order valence-corrected chi connectivity index (χ4v) is 1.90. The van der Waals surface area contributed by atoms with Crippen LogP contribution < -0.4 is 0 Å². The minimum Gasteiger partial charge on any atom is -0.475 e. The summed E-state index contributed by atoms with van der Waals surface area (Å²) < 4.78 is 6.16. The number of hydrogen-bond acceptors (Lipinski definition) is 3. The van der Waals surface area contributed by atoms with Crippen LogP contribution in [0, 0.1) is 13.8 Å². The molecular weight excluding hydrogens is 286 g/mol. The molecule has 0 saturated carbocycles. The van der Waals surface area contributed by atoms with Gasteiger partial charge in [-0.2, -0.15) is 0 Å². The van der Waals surface area contributed by atoms with Gasteiger partial charge in [0.1, 0.15) is 0 Å². The van der Waals surface area contributed by atoms with Crippen LogP contribution in [0.4, 0.5) is 0 Å². The predicted octanol–water partition coefficient (Wildman–Crippen LogP) is 3.42. The number of rotatable bonds is 2. The molecule has 0 radical (unpaired) electrons. The topological polar surface area (TPSA) is 63.3 Å². The van der Waals surface area contributed by atoms with Crippen molar-refractivity contribution in [3.8, 4) is 11.5 Å². The quantitative estimate of drug-likeness (QED) is 0.922. The molecule has 0 aliphatic heterocycles. The first-order valence-electron chi connectivity index (χ1n) is 4.96. The monoisotopic (exact) mass is 295 g/mol. The number of oxazole rings is 1. The van der Waals surface area contributed by atoms with Crippen molar-refractivity contribution in [3.05, 3.63) is 39.7 Å². The van der Waals surface area contributed by atoms with E-state index in [0.717, 1.165) is 15.6 Å². The Balaban J connectivity index is 2.57. The molecule has 0 bridgehead atoms. The number of nitrogens with zero attached hydrogens (tertiary/aromatic N) is 1. The molecular formula is C12H10BrNO3. The Kier molecular flexibility index (Phi) is 3.02. The largest absolute Gasteiger partial charge is 0.475 e. The molecule has 0 aliphatic rings. The number of carboxylic acids is 1. The third kappa shape index (κ3) is 2.24. The summed E-state index contributed by atoms with van der Waals surface area (Å²) in [6, 6.07) is 5.68. The molecule has 1 aromatic carbocycles. The van der Waals surface area contributed by atoms with E-state index in [0.29, 0.717) is 11.6 Å². The summed E-state index contributed by atoms with van der Waals surface area (Å²) in [7, 11) is 0. The molecule has 1 N–H and O–H groups in total. The van der Waals surface area contributed by atoms with Crippen LogP contribution in [0.5, 0.6) is 0 Å². The van der Waals surface area contributed by atoms with Crippen LogP contribution in [0.15, 0.2) is 27.1 Å². The van der Waals surface area contributed by atoms with Crippen molar-refractivity contribution in [1.82, 2.24) is 4.98 Å². The van der Waals surface area contributed by atoms with Gasteiger partial charge in [0.25, 0.3) is 0 Å². The van der Waals surface area contributed by atoms with Crippen molar-refractivity contribution >= 4 is 21.9 Å². The Morgan fingerprint density at radius 3 is 2.71 bits per heavy atom. The minimum absolute atomic E-state index is 0.112. The number of benzene rings is 1. The number of hydrogen-bond donors (Lipinski definition) is 1. The summed E-state index contributed by atoms with van der Waals surface area (Å²) in [5.41, 5.74) is 2.15. The number of halogens is 1. The lowest BCUT2D eigenvalue weighted by molar-refractivity contribution is 0.0662. The van der Waals surface area contributed by atoms with Crippen molar-refractivity contribution in [3.63, 3.8) is 0 Å². The van der Waals surface area contributed by atoms with Crippen molar-refractivity contribution in [2.45, 2.75) is 13.8 Å². The average Bonchev–Trinajstić information content (AvgIpc) is 2.64. The van der Waals surface area contributed by atoms with Crippen LogP contribution in [0.2, 0.25) is 0 Å². The predicted molar refractivity (Wildman–Crippen MR) is 66.1 cm³/mol. The fourth-order valence-electron chi connectivity index (χ4n) is 1.53. The van der Waals surface area contributed by atoms with Crippen molar-refractivity contribution in [2.24, 2.45) is 0 Å². The number of aryl methyl sites for hydroxylation is 2. The Bertz CT molecular complexity index is 589. The van der Waals surface area contributed by atoms with Gasteiger partial charge in [-0.15, -0.1) is 0 Å². The minimum atomic E-state index is -1.10. The molecule has 5 heteroatoms. The van der Waals surface area contributed by atoms with Crippen LogP contribution in [-0.2, 0) is 0 Å². The molecule has 1 aromatic heterocycles. The SMILES string of the molecule is Cc1ccc(Br)cc1-c1nc(C)c(C(=O)O)o1. The highest BCUT2D eigenvalue weighted by Crippen LogP contribution is 2.27. The molecule has 1 heterocycles. The van der Waals surface area contributed by atoms with Gasteiger partial charge in [-0.1, -0.05) is 22.0 Å². The van der Waals surface area contributed by atoms with Crippen LogP contribution in [0.3, 0.4) is 0 Å². The van der Waals surface area contributed by atoms with E-state index < -0.39 is 5.97 Å². The van der Waals surface area contributed by atoms with E-state index in [-0.39, 0.29) is 5.76 Å². The molecule has 0 saturated heterocycles. The molecule has 0 spiro atoms. The highest BCUT2D eigenvalue weighted by Gasteiger charge is 2.18. The summed E-state index contributed by atoms with van der Waals surface area (Å²) in [6.45, 7) is 3.53. The summed E-state index contributed by atoms with van der Waals surface area (Å²) >= 11 is 3.36. The van der Waals surface area contributed by atoms with Crippen LogP contribution in [0.1, 0.15) is 21.8 Å².